The molecule has 35 heavy (non-hydrogen) atoms. The first-order chi connectivity index (χ1) is 16.7. The van der Waals surface area contributed by atoms with Gasteiger partial charge in [0.15, 0.2) is 0 Å². The summed E-state index contributed by atoms with van der Waals surface area (Å²) in [6.07, 6.45) is 24.2. The lowest BCUT2D eigenvalue weighted by molar-refractivity contribution is -0.0512. The molecule has 4 rings (SSSR count). The molecule has 0 aromatic heterocycles. The monoisotopic (exact) mass is 473 g/mol. The molecule has 6 atom stereocenters. The van der Waals surface area contributed by atoms with E-state index in [1.54, 1.807) is 7.05 Å². The van der Waals surface area contributed by atoms with Crippen LogP contribution in [0.4, 0.5) is 0 Å². The van der Waals surface area contributed by atoms with Crippen LogP contribution in [0.3, 0.4) is 0 Å². The number of allylic oxidation sites excluding steroid dienone is 10. The van der Waals surface area contributed by atoms with E-state index in [9.17, 15) is 10.2 Å². The van der Waals surface area contributed by atoms with Crippen LogP contribution in [0.2, 0.25) is 0 Å². The van der Waals surface area contributed by atoms with Crippen LogP contribution in [-0.4, -0.2) is 35.2 Å². The highest BCUT2D eigenvalue weighted by molar-refractivity contribution is 5.81. The highest BCUT2D eigenvalue weighted by atomic mass is 16.3. The van der Waals surface area contributed by atoms with Crippen molar-refractivity contribution in [1.29, 1.82) is 0 Å². The topological polar surface area (TPSA) is 52.8 Å². The Morgan fingerprint density at radius 1 is 1.11 bits per heavy atom. The van der Waals surface area contributed by atoms with Gasteiger partial charge in [0.1, 0.15) is 0 Å². The molecule has 0 radical (unpaired) electrons. The quantitative estimate of drug-likeness (QED) is 0.328. The van der Waals surface area contributed by atoms with E-state index in [2.05, 4.69) is 55.5 Å². The summed E-state index contributed by atoms with van der Waals surface area (Å²) >= 11 is 0. The van der Waals surface area contributed by atoms with Crippen LogP contribution >= 0.6 is 0 Å². The van der Waals surface area contributed by atoms with Crippen molar-refractivity contribution >= 4 is 6.21 Å². The highest BCUT2D eigenvalue weighted by Crippen LogP contribution is 2.62. The van der Waals surface area contributed by atoms with Crippen molar-refractivity contribution < 1.29 is 10.2 Å². The summed E-state index contributed by atoms with van der Waals surface area (Å²) in [5, 5.41) is 22.5. The Hall–Kier alpha value is -2.23. The van der Waals surface area contributed by atoms with Gasteiger partial charge in [-0.3, -0.25) is 4.99 Å². The summed E-state index contributed by atoms with van der Waals surface area (Å²) < 4.78 is 0. The molecule has 0 heterocycles. The van der Waals surface area contributed by atoms with Crippen LogP contribution in [0.15, 0.2) is 88.5 Å². The van der Waals surface area contributed by atoms with Crippen LogP contribution in [0.1, 0.15) is 65.2 Å². The third-order valence-corrected chi connectivity index (χ3v) is 9.16. The van der Waals surface area contributed by atoms with Crippen LogP contribution in [0.25, 0.3) is 0 Å². The van der Waals surface area contributed by atoms with Gasteiger partial charge in [0.05, 0.1) is 11.7 Å². The standard InChI is InChI=1S/C32H43NO2/c1-6-7-22(2)8-9-26(18-23(3)21-33-5)29-12-13-30-31(29,4)16-15-27-19-24-10-11-28(34)20-25(24)14-17-32(27,30)35/h6-9,15,18-19,21,25,28-30,34-35H,2-3,10-14,16-17,20H2,1,4-5H3/b7-6-,9-8-,26-18+,33-21?/t25?,28?,29?,30?,31?,32-/m1/s1. The molecule has 2 N–H and O–H groups in total. The second kappa shape index (κ2) is 10.4. The van der Waals surface area contributed by atoms with Gasteiger partial charge in [-0.25, -0.2) is 0 Å². The van der Waals surface area contributed by atoms with Crippen molar-refractivity contribution in [1.82, 2.24) is 0 Å². The minimum atomic E-state index is -0.789. The number of aliphatic hydroxyl groups excluding tert-OH is 1. The van der Waals surface area contributed by atoms with Gasteiger partial charge >= 0.3 is 0 Å². The van der Waals surface area contributed by atoms with E-state index in [1.165, 1.54) is 11.1 Å². The number of rotatable bonds is 6. The van der Waals surface area contributed by atoms with Crippen LogP contribution in [-0.2, 0) is 0 Å². The maximum Gasteiger partial charge on any atom is 0.0927 e. The van der Waals surface area contributed by atoms with Crippen LogP contribution in [0.5, 0.6) is 0 Å². The Morgan fingerprint density at radius 3 is 2.66 bits per heavy atom. The largest absolute Gasteiger partial charge is 0.393 e. The Bertz CT molecular complexity index is 1040. The lowest BCUT2D eigenvalue weighted by Crippen LogP contribution is -2.49. The maximum atomic E-state index is 12.3. The zero-order chi connectivity index (χ0) is 25.2. The average molecular weight is 474 g/mol. The molecular weight excluding hydrogens is 430 g/mol. The van der Waals surface area contributed by atoms with E-state index in [1.807, 2.05) is 25.3 Å². The molecular formula is C32H43NO2. The van der Waals surface area contributed by atoms with E-state index < -0.39 is 5.60 Å². The molecule has 2 saturated carbocycles. The lowest BCUT2D eigenvalue weighted by atomic mass is 9.57. The van der Waals surface area contributed by atoms with Crippen molar-refractivity contribution in [3.8, 4) is 0 Å². The van der Waals surface area contributed by atoms with Gasteiger partial charge in [-0.15, -0.1) is 0 Å². The summed E-state index contributed by atoms with van der Waals surface area (Å²) in [5.41, 5.74) is 4.86. The number of hydrogen-bond donors (Lipinski definition) is 2. The van der Waals surface area contributed by atoms with Gasteiger partial charge in [-0.1, -0.05) is 68.2 Å². The molecule has 188 valence electrons. The molecule has 3 heteroatoms. The van der Waals surface area contributed by atoms with Crippen molar-refractivity contribution in [3.63, 3.8) is 0 Å². The minimum Gasteiger partial charge on any atom is -0.393 e. The van der Waals surface area contributed by atoms with Crippen LogP contribution < -0.4 is 0 Å². The first-order valence-electron chi connectivity index (χ1n) is 13.3. The Morgan fingerprint density at radius 2 is 1.91 bits per heavy atom. The predicted molar refractivity (Wildman–Crippen MR) is 147 cm³/mol. The molecule has 2 fully saturated rings. The molecule has 0 aromatic rings. The van der Waals surface area contributed by atoms with E-state index >= 15 is 0 Å². The Balaban J connectivity index is 1.68. The molecule has 0 aliphatic heterocycles. The SMILES string of the molecule is C=C(/C=C\C)/C=C\C(=C/C(=C)C=NC)C1CCC2C1(C)CC=C1C=C3CCC(O)CC3CC[C@@]12O. The fraction of sp³-hybridized carbons (Fsp3) is 0.531. The third-order valence-electron chi connectivity index (χ3n) is 9.16. The molecule has 4 aliphatic rings. The molecule has 0 saturated heterocycles. The van der Waals surface area contributed by atoms with Gasteiger partial charge in [0.25, 0.3) is 0 Å². The Kier molecular flexibility index (Phi) is 7.68. The lowest BCUT2D eigenvalue weighted by Gasteiger charge is -2.49. The van der Waals surface area contributed by atoms with Gasteiger partial charge in [0.2, 0.25) is 0 Å². The number of aliphatic hydroxyl groups is 2. The van der Waals surface area contributed by atoms with Crippen LogP contribution in [0, 0.1) is 23.2 Å². The van der Waals surface area contributed by atoms with E-state index in [4.69, 9.17) is 0 Å². The first kappa shape index (κ1) is 25.9. The van der Waals surface area contributed by atoms with Crippen molar-refractivity contribution in [2.75, 3.05) is 7.05 Å². The van der Waals surface area contributed by atoms with E-state index in [0.29, 0.717) is 11.8 Å². The van der Waals surface area contributed by atoms with Crippen molar-refractivity contribution in [2.24, 2.45) is 28.2 Å². The van der Waals surface area contributed by atoms with Gasteiger partial charge in [0, 0.05) is 13.3 Å². The molecule has 0 amide bonds. The zero-order valence-electron chi connectivity index (χ0n) is 21.8. The molecule has 3 nitrogen and oxygen atoms in total. The number of fused-ring (bicyclic) bond motifs is 4. The molecule has 0 spiro atoms. The predicted octanol–water partition coefficient (Wildman–Crippen LogP) is 6.83. The van der Waals surface area contributed by atoms with E-state index in [0.717, 1.165) is 68.1 Å². The normalized spacial score (nSPS) is 37.6. The van der Waals surface area contributed by atoms with Gasteiger partial charge < -0.3 is 10.2 Å². The van der Waals surface area contributed by atoms with E-state index in [-0.39, 0.29) is 17.4 Å². The number of nitrogens with zero attached hydrogens (tertiary/aromatic N) is 1. The molecule has 0 bridgehead atoms. The number of hydrogen-bond acceptors (Lipinski definition) is 3. The molecule has 5 unspecified atom stereocenters. The Labute approximate surface area is 212 Å². The number of aliphatic imine (C=N–C) groups is 1. The highest BCUT2D eigenvalue weighted by Gasteiger charge is 2.58. The van der Waals surface area contributed by atoms with Crippen molar-refractivity contribution in [2.45, 2.75) is 76.9 Å². The minimum absolute atomic E-state index is 0.0342. The second-order valence-corrected chi connectivity index (χ2v) is 11.4. The molecule has 0 aromatic carbocycles. The van der Waals surface area contributed by atoms with Crippen molar-refractivity contribution in [3.05, 3.63) is 83.6 Å². The summed E-state index contributed by atoms with van der Waals surface area (Å²) in [5.74, 6) is 0.946. The average Bonchev–Trinajstić information content (AvgIpc) is 3.09. The second-order valence-electron chi connectivity index (χ2n) is 11.4. The first-order valence-corrected chi connectivity index (χ1v) is 13.3. The third kappa shape index (κ3) is 5.04. The summed E-state index contributed by atoms with van der Waals surface area (Å²) in [4.78, 5) is 4.16. The summed E-state index contributed by atoms with van der Waals surface area (Å²) in [7, 11) is 1.77. The van der Waals surface area contributed by atoms with Gasteiger partial charge in [-0.2, -0.15) is 0 Å². The molecule has 4 aliphatic carbocycles. The fourth-order valence-electron chi connectivity index (χ4n) is 7.44. The fourth-order valence-corrected chi connectivity index (χ4v) is 7.44. The summed E-state index contributed by atoms with van der Waals surface area (Å²) in [6.45, 7) is 12.7. The summed E-state index contributed by atoms with van der Waals surface area (Å²) in [6, 6.07) is 0. The smallest absolute Gasteiger partial charge is 0.0927 e. The zero-order valence-corrected chi connectivity index (χ0v) is 21.8. The maximum absolute atomic E-state index is 12.3. The van der Waals surface area contributed by atoms with Gasteiger partial charge in [-0.05, 0) is 104 Å².